The van der Waals surface area contributed by atoms with Crippen LogP contribution in [0.1, 0.15) is 0 Å². The van der Waals surface area contributed by atoms with E-state index in [0.717, 1.165) is 4.47 Å². The molecule has 0 unspecified atom stereocenters. The molecular weight excluding hydrogens is 258 g/mol. The Labute approximate surface area is 95.2 Å². The van der Waals surface area contributed by atoms with Crippen molar-refractivity contribution in [3.8, 4) is 11.6 Å². The van der Waals surface area contributed by atoms with Crippen molar-refractivity contribution in [1.82, 2.24) is 10.2 Å². The maximum absolute atomic E-state index is 5.77. The fourth-order valence-corrected chi connectivity index (χ4v) is 1.45. The summed E-state index contributed by atoms with van der Waals surface area (Å²) >= 11 is 3.32. The zero-order valence-corrected chi connectivity index (χ0v) is 9.31. The van der Waals surface area contributed by atoms with Crippen LogP contribution in [0.2, 0.25) is 0 Å². The number of anilines is 1. The van der Waals surface area contributed by atoms with E-state index in [1.54, 1.807) is 30.5 Å². The summed E-state index contributed by atoms with van der Waals surface area (Å²) in [6.45, 7) is 0. The lowest BCUT2D eigenvalue weighted by molar-refractivity contribution is 0.457. The van der Waals surface area contributed by atoms with Gasteiger partial charge in [0.05, 0.1) is 5.69 Å². The van der Waals surface area contributed by atoms with Crippen molar-refractivity contribution >= 4 is 21.6 Å². The first-order chi connectivity index (χ1) is 7.25. The first-order valence-corrected chi connectivity index (χ1v) is 5.05. The number of aromatic nitrogens is 2. The molecule has 0 saturated heterocycles. The third kappa shape index (κ3) is 2.44. The molecule has 76 valence electrons. The monoisotopic (exact) mass is 265 g/mol. The summed E-state index contributed by atoms with van der Waals surface area (Å²) < 4.78 is 6.35. The molecule has 0 spiro atoms. The SMILES string of the molecule is Nc1cc(Br)ccc1Oc1cccnn1. The molecule has 0 atom stereocenters. The second-order valence-corrected chi connectivity index (χ2v) is 3.76. The lowest BCUT2D eigenvalue weighted by atomic mass is 10.3. The number of nitrogens with zero attached hydrogens (tertiary/aromatic N) is 2. The van der Waals surface area contributed by atoms with Gasteiger partial charge in [-0.1, -0.05) is 15.9 Å². The highest BCUT2D eigenvalue weighted by Gasteiger charge is 2.03. The highest BCUT2D eigenvalue weighted by molar-refractivity contribution is 9.10. The van der Waals surface area contributed by atoms with Gasteiger partial charge in [0.1, 0.15) is 0 Å². The number of nitrogen functional groups attached to an aromatic ring is 1. The Morgan fingerprint density at radius 1 is 1.27 bits per heavy atom. The number of nitrogens with two attached hydrogens (primary N) is 1. The molecule has 1 heterocycles. The fourth-order valence-electron chi connectivity index (χ4n) is 1.07. The van der Waals surface area contributed by atoms with Crippen molar-refractivity contribution < 1.29 is 4.74 Å². The summed E-state index contributed by atoms with van der Waals surface area (Å²) in [5.41, 5.74) is 6.32. The van der Waals surface area contributed by atoms with Crippen molar-refractivity contribution in [2.24, 2.45) is 0 Å². The molecule has 0 aliphatic heterocycles. The van der Waals surface area contributed by atoms with Gasteiger partial charge in [-0.15, -0.1) is 5.10 Å². The van der Waals surface area contributed by atoms with Crippen LogP contribution in [0.4, 0.5) is 5.69 Å². The third-order valence-electron chi connectivity index (χ3n) is 1.73. The Morgan fingerprint density at radius 2 is 2.13 bits per heavy atom. The summed E-state index contributed by atoms with van der Waals surface area (Å²) in [6.07, 6.45) is 1.58. The number of rotatable bonds is 2. The van der Waals surface area contributed by atoms with E-state index in [-0.39, 0.29) is 0 Å². The van der Waals surface area contributed by atoms with Crippen LogP contribution < -0.4 is 10.5 Å². The number of halogens is 1. The molecule has 1 aromatic carbocycles. The summed E-state index contributed by atoms with van der Waals surface area (Å²) in [7, 11) is 0. The molecule has 2 N–H and O–H groups in total. The second-order valence-electron chi connectivity index (χ2n) is 2.85. The molecule has 0 fully saturated rings. The Morgan fingerprint density at radius 3 is 2.80 bits per heavy atom. The van der Waals surface area contributed by atoms with Gasteiger partial charge in [0.25, 0.3) is 0 Å². The minimum Gasteiger partial charge on any atom is -0.435 e. The van der Waals surface area contributed by atoms with Gasteiger partial charge >= 0.3 is 0 Å². The molecule has 2 aromatic rings. The molecular formula is C10H8BrN3O. The zero-order chi connectivity index (χ0) is 10.7. The minimum absolute atomic E-state index is 0.423. The summed E-state index contributed by atoms with van der Waals surface area (Å²) in [6, 6.07) is 8.85. The first kappa shape index (κ1) is 9.92. The molecule has 0 saturated carbocycles. The average molecular weight is 266 g/mol. The highest BCUT2D eigenvalue weighted by atomic mass is 79.9. The van der Waals surface area contributed by atoms with Gasteiger partial charge in [-0.2, -0.15) is 5.10 Å². The molecule has 0 amide bonds. The van der Waals surface area contributed by atoms with Gasteiger partial charge in [-0.05, 0) is 24.3 Å². The predicted molar refractivity (Wildman–Crippen MR) is 60.7 cm³/mol. The van der Waals surface area contributed by atoms with Gasteiger partial charge < -0.3 is 10.5 Å². The van der Waals surface area contributed by atoms with E-state index in [4.69, 9.17) is 10.5 Å². The van der Waals surface area contributed by atoms with Gasteiger partial charge in [0.15, 0.2) is 5.75 Å². The van der Waals surface area contributed by atoms with Crippen LogP contribution >= 0.6 is 15.9 Å². The topological polar surface area (TPSA) is 61.0 Å². The quantitative estimate of drug-likeness (QED) is 0.849. The smallest absolute Gasteiger partial charge is 0.238 e. The van der Waals surface area contributed by atoms with Crippen LogP contribution in [0.5, 0.6) is 11.6 Å². The van der Waals surface area contributed by atoms with E-state index in [1.165, 1.54) is 0 Å². The van der Waals surface area contributed by atoms with Crippen molar-refractivity contribution in [3.05, 3.63) is 41.0 Å². The fraction of sp³-hybridized carbons (Fsp3) is 0. The van der Waals surface area contributed by atoms with Crippen molar-refractivity contribution in [1.29, 1.82) is 0 Å². The van der Waals surface area contributed by atoms with Gasteiger partial charge in [0, 0.05) is 16.7 Å². The Bertz CT molecular complexity index is 461. The Hall–Kier alpha value is -1.62. The standard InChI is InChI=1S/C10H8BrN3O/c11-7-3-4-9(8(12)6-7)15-10-2-1-5-13-14-10/h1-6H,12H2. The highest BCUT2D eigenvalue weighted by Crippen LogP contribution is 2.28. The number of benzene rings is 1. The minimum atomic E-state index is 0.423. The van der Waals surface area contributed by atoms with Gasteiger partial charge in [0.2, 0.25) is 5.88 Å². The lowest BCUT2D eigenvalue weighted by Crippen LogP contribution is -1.94. The molecule has 0 radical (unpaired) electrons. The normalized spacial score (nSPS) is 9.93. The second kappa shape index (κ2) is 4.27. The van der Waals surface area contributed by atoms with E-state index in [1.807, 2.05) is 6.07 Å². The summed E-state index contributed by atoms with van der Waals surface area (Å²) in [5, 5.41) is 7.50. The maximum atomic E-state index is 5.77. The van der Waals surface area contributed by atoms with Crippen LogP contribution in [0.15, 0.2) is 41.0 Å². The zero-order valence-electron chi connectivity index (χ0n) is 7.72. The molecule has 0 aliphatic carbocycles. The number of ether oxygens (including phenoxy) is 1. The van der Waals surface area contributed by atoms with Gasteiger partial charge in [-0.3, -0.25) is 0 Å². The van der Waals surface area contributed by atoms with Crippen LogP contribution in [0.25, 0.3) is 0 Å². The largest absolute Gasteiger partial charge is 0.435 e. The molecule has 4 nitrogen and oxygen atoms in total. The van der Waals surface area contributed by atoms with Crippen molar-refractivity contribution in [2.75, 3.05) is 5.73 Å². The Kier molecular flexibility index (Phi) is 2.82. The van der Waals surface area contributed by atoms with Crippen LogP contribution in [-0.2, 0) is 0 Å². The van der Waals surface area contributed by atoms with Gasteiger partial charge in [-0.25, -0.2) is 0 Å². The first-order valence-electron chi connectivity index (χ1n) is 4.26. The Balaban J connectivity index is 2.25. The number of hydrogen-bond donors (Lipinski definition) is 1. The molecule has 5 heteroatoms. The van der Waals surface area contributed by atoms with Crippen molar-refractivity contribution in [2.45, 2.75) is 0 Å². The lowest BCUT2D eigenvalue weighted by Gasteiger charge is -2.06. The van der Waals surface area contributed by atoms with Crippen LogP contribution in [-0.4, -0.2) is 10.2 Å². The number of hydrogen-bond acceptors (Lipinski definition) is 4. The van der Waals surface area contributed by atoms with E-state index < -0.39 is 0 Å². The molecule has 1 aromatic heterocycles. The average Bonchev–Trinajstić information content (AvgIpc) is 2.24. The molecule has 0 bridgehead atoms. The molecule has 2 rings (SSSR count). The summed E-state index contributed by atoms with van der Waals surface area (Å²) in [5.74, 6) is 0.991. The molecule has 15 heavy (non-hydrogen) atoms. The van der Waals surface area contributed by atoms with Crippen molar-refractivity contribution in [3.63, 3.8) is 0 Å². The van der Waals surface area contributed by atoms with E-state index in [2.05, 4.69) is 26.1 Å². The van der Waals surface area contributed by atoms with Crippen LogP contribution in [0.3, 0.4) is 0 Å². The maximum Gasteiger partial charge on any atom is 0.238 e. The molecule has 0 aliphatic rings. The van der Waals surface area contributed by atoms with E-state index in [9.17, 15) is 0 Å². The summed E-state index contributed by atoms with van der Waals surface area (Å²) in [4.78, 5) is 0. The predicted octanol–water partition coefficient (Wildman–Crippen LogP) is 2.61. The van der Waals surface area contributed by atoms with Crippen LogP contribution in [0, 0.1) is 0 Å². The third-order valence-corrected chi connectivity index (χ3v) is 2.23. The van der Waals surface area contributed by atoms with E-state index >= 15 is 0 Å². The van der Waals surface area contributed by atoms with E-state index in [0.29, 0.717) is 17.3 Å².